The van der Waals surface area contributed by atoms with Gasteiger partial charge in [0, 0.05) is 20.0 Å². The normalized spacial score (nSPS) is 15.1. The average molecular weight is 373 g/mol. The molecule has 8 heteroatoms. The third-order valence-corrected chi connectivity index (χ3v) is 4.91. The predicted molar refractivity (Wildman–Crippen MR) is 98.9 cm³/mol. The maximum Gasteiger partial charge on any atom is 0.287 e. The van der Waals surface area contributed by atoms with Crippen LogP contribution in [0, 0.1) is 5.92 Å². The minimum Gasteiger partial charge on any atom is -0.459 e. The van der Waals surface area contributed by atoms with Crippen LogP contribution in [0.2, 0.25) is 0 Å². The lowest BCUT2D eigenvalue weighted by Crippen LogP contribution is -2.50. The van der Waals surface area contributed by atoms with E-state index in [9.17, 15) is 9.59 Å². The van der Waals surface area contributed by atoms with Crippen molar-refractivity contribution in [1.29, 1.82) is 0 Å². The summed E-state index contributed by atoms with van der Waals surface area (Å²) < 4.78 is 7.24. The van der Waals surface area contributed by atoms with E-state index in [1.807, 2.05) is 13.8 Å². The molecule has 2 aromatic heterocycles. The van der Waals surface area contributed by atoms with Crippen molar-refractivity contribution in [2.75, 3.05) is 7.05 Å². The third kappa shape index (κ3) is 4.37. The van der Waals surface area contributed by atoms with Gasteiger partial charge in [0.2, 0.25) is 5.91 Å². The van der Waals surface area contributed by atoms with Crippen molar-refractivity contribution < 1.29 is 14.0 Å². The number of amides is 2. The van der Waals surface area contributed by atoms with Crippen LogP contribution in [0.3, 0.4) is 0 Å². The summed E-state index contributed by atoms with van der Waals surface area (Å²) in [7, 11) is 1.73. The Labute approximate surface area is 158 Å². The molecule has 0 aromatic carbocycles. The molecule has 0 radical (unpaired) electrons. The SMILES string of the molecule is CC(C)[C@H](NC(=O)c1ccco1)C(=O)N(C)Cc1nnc2n1CCCCC2. The number of nitrogens with one attached hydrogen (secondary N) is 1. The Balaban J connectivity index is 1.69. The number of hydrogen-bond donors (Lipinski definition) is 1. The molecule has 0 bridgehead atoms. The van der Waals surface area contributed by atoms with Crippen molar-refractivity contribution in [3.05, 3.63) is 35.8 Å². The van der Waals surface area contributed by atoms with Gasteiger partial charge in [-0.15, -0.1) is 10.2 Å². The summed E-state index contributed by atoms with van der Waals surface area (Å²) in [6.07, 6.45) is 5.78. The van der Waals surface area contributed by atoms with E-state index in [0.29, 0.717) is 6.54 Å². The van der Waals surface area contributed by atoms with E-state index in [0.717, 1.165) is 37.5 Å². The van der Waals surface area contributed by atoms with E-state index >= 15 is 0 Å². The molecule has 2 amide bonds. The van der Waals surface area contributed by atoms with Gasteiger partial charge < -0.3 is 19.2 Å². The number of aryl methyl sites for hydroxylation is 1. The van der Waals surface area contributed by atoms with Crippen LogP contribution in [0.25, 0.3) is 0 Å². The van der Waals surface area contributed by atoms with Crippen molar-refractivity contribution in [1.82, 2.24) is 25.0 Å². The first-order chi connectivity index (χ1) is 13.0. The molecule has 0 saturated carbocycles. The molecular formula is C19H27N5O3. The molecule has 1 atom stereocenters. The molecular weight excluding hydrogens is 346 g/mol. The van der Waals surface area contributed by atoms with Crippen LogP contribution in [-0.2, 0) is 24.3 Å². The maximum absolute atomic E-state index is 13.0. The summed E-state index contributed by atoms with van der Waals surface area (Å²) in [5, 5.41) is 11.4. The quantitative estimate of drug-likeness (QED) is 0.836. The highest BCUT2D eigenvalue weighted by atomic mass is 16.3. The molecule has 3 heterocycles. The standard InChI is InChI=1S/C19H27N5O3/c1-13(2)17(20-18(25)14-8-7-11-27-14)19(26)23(3)12-16-22-21-15-9-5-4-6-10-24(15)16/h7-8,11,13,17H,4-6,9-10,12H2,1-3H3,(H,20,25)/t17-/m0/s1. The lowest BCUT2D eigenvalue weighted by Gasteiger charge is -2.26. The summed E-state index contributed by atoms with van der Waals surface area (Å²) >= 11 is 0. The molecule has 1 aliphatic heterocycles. The fourth-order valence-corrected chi connectivity index (χ4v) is 3.32. The molecule has 0 unspecified atom stereocenters. The lowest BCUT2D eigenvalue weighted by molar-refractivity contribution is -0.133. The number of rotatable bonds is 6. The fourth-order valence-electron chi connectivity index (χ4n) is 3.32. The number of carbonyl (C=O) groups is 2. The second-order valence-corrected chi connectivity index (χ2v) is 7.36. The second-order valence-electron chi connectivity index (χ2n) is 7.36. The predicted octanol–water partition coefficient (Wildman–Crippen LogP) is 2.01. The first-order valence-electron chi connectivity index (χ1n) is 9.47. The van der Waals surface area contributed by atoms with E-state index < -0.39 is 11.9 Å². The summed E-state index contributed by atoms with van der Waals surface area (Å²) in [6.45, 7) is 5.07. The molecule has 0 aliphatic carbocycles. The molecule has 0 saturated heterocycles. The first-order valence-corrected chi connectivity index (χ1v) is 9.47. The topological polar surface area (TPSA) is 93.3 Å². The van der Waals surface area contributed by atoms with E-state index in [1.54, 1.807) is 24.1 Å². The minimum atomic E-state index is -0.640. The zero-order valence-corrected chi connectivity index (χ0v) is 16.1. The Morgan fingerprint density at radius 3 is 2.81 bits per heavy atom. The van der Waals surface area contributed by atoms with Crippen molar-refractivity contribution in [3.63, 3.8) is 0 Å². The number of furan rings is 1. The van der Waals surface area contributed by atoms with Gasteiger partial charge in [0.25, 0.3) is 5.91 Å². The number of carbonyl (C=O) groups excluding carboxylic acids is 2. The van der Waals surface area contributed by atoms with Gasteiger partial charge in [-0.25, -0.2) is 0 Å². The Kier molecular flexibility index (Phi) is 5.93. The molecule has 27 heavy (non-hydrogen) atoms. The Bertz CT molecular complexity index is 781. The Morgan fingerprint density at radius 2 is 2.11 bits per heavy atom. The molecule has 8 nitrogen and oxygen atoms in total. The minimum absolute atomic E-state index is 0.0608. The molecule has 1 aliphatic rings. The molecule has 2 aromatic rings. The number of aromatic nitrogens is 3. The number of fused-ring (bicyclic) bond motifs is 1. The van der Waals surface area contributed by atoms with Crippen molar-refractivity contribution >= 4 is 11.8 Å². The van der Waals surface area contributed by atoms with Crippen LogP contribution in [0.5, 0.6) is 0 Å². The average Bonchev–Trinajstić information content (AvgIpc) is 3.24. The molecule has 1 N–H and O–H groups in total. The van der Waals surface area contributed by atoms with Crippen molar-refractivity contribution in [2.45, 2.75) is 58.7 Å². The first kappa shape index (κ1) is 19.1. The van der Waals surface area contributed by atoms with Crippen molar-refractivity contribution in [3.8, 4) is 0 Å². The van der Waals surface area contributed by atoms with Crippen LogP contribution in [0.4, 0.5) is 0 Å². The van der Waals surface area contributed by atoms with E-state index in [-0.39, 0.29) is 17.6 Å². The number of likely N-dealkylation sites (N-methyl/N-ethyl adjacent to an activating group) is 1. The van der Waals surface area contributed by atoms with Crippen LogP contribution >= 0.6 is 0 Å². The summed E-state index contributed by atoms with van der Waals surface area (Å²) in [4.78, 5) is 26.9. The van der Waals surface area contributed by atoms with Gasteiger partial charge in [-0.3, -0.25) is 9.59 Å². The van der Waals surface area contributed by atoms with Gasteiger partial charge in [0.1, 0.15) is 11.9 Å². The summed E-state index contributed by atoms with van der Waals surface area (Å²) in [5.41, 5.74) is 0. The fraction of sp³-hybridized carbons (Fsp3) is 0.579. The van der Waals surface area contributed by atoms with E-state index in [1.165, 1.54) is 12.7 Å². The van der Waals surface area contributed by atoms with Crippen molar-refractivity contribution in [2.24, 2.45) is 5.92 Å². The maximum atomic E-state index is 13.0. The van der Waals surface area contributed by atoms with Crippen LogP contribution in [0.1, 0.15) is 55.3 Å². The van der Waals surface area contributed by atoms with E-state index in [4.69, 9.17) is 4.42 Å². The van der Waals surface area contributed by atoms with Gasteiger partial charge in [-0.1, -0.05) is 20.3 Å². The number of nitrogens with zero attached hydrogens (tertiary/aromatic N) is 4. The summed E-state index contributed by atoms with van der Waals surface area (Å²) in [6, 6.07) is 2.58. The Morgan fingerprint density at radius 1 is 1.30 bits per heavy atom. The van der Waals surface area contributed by atoms with Crippen LogP contribution < -0.4 is 5.32 Å². The number of hydrogen-bond acceptors (Lipinski definition) is 5. The van der Waals surface area contributed by atoms with E-state index in [2.05, 4.69) is 20.1 Å². The van der Waals surface area contributed by atoms with Gasteiger partial charge in [-0.2, -0.15) is 0 Å². The second kappa shape index (κ2) is 8.37. The van der Waals surface area contributed by atoms with Crippen LogP contribution in [0.15, 0.2) is 22.8 Å². The highest BCUT2D eigenvalue weighted by Gasteiger charge is 2.29. The zero-order chi connectivity index (χ0) is 19.4. The summed E-state index contributed by atoms with van der Waals surface area (Å²) in [5.74, 6) is 1.37. The molecule has 146 valence electrons. The highest BCUT2D eigenvalue weighted by molar-refractivity contribution is 5.95. The monoisotopic (exact) mass is 373 g/mol. The van der Waals surface area contributed by atoms with Gasteiger partial charge >= 0.3 is 0 Å². The van der Waals surface area contributed by atoms with Crippen LogP contribution in [-0.4, -0.2) is 44.6 Å². The highest BCUT2D eigenvalue weighted by Crippen LogP contribution is 2.16. The van der Waals surface area contributed by atoms with Gasteiger partial charge in [0.05, 0.1) is 12.8 Å². The molecule has 0 spiro atoms. The van der Waals surface area contributed by atoms with Gasteiger partial charge in [-0.05, 0) is 30.9 Å². The smallest absolute Gasteiger partial charge is 0.287 e. The molecule has 0 fully saturated rings. The Hall–Kier alpha value is -2.64. The lowest BCUT2D eigenvalue weighted by atomic mass is 10.0. The van der Waals surface area contributed by atoms with Gasteiger partial charge in [0.15, 0.2) is 11.6 Å². The largest absolute Gasteiger partial charge is 0.459 e. The zero-order valence-electron chi connectivity index (χ0n) is 16.1. The molecule has 3 rings (SSSR count). The third-order valence-electron chi connectivity index (χ3n) is 4.91.